The zero-order valence-corrected chi connectivity index (χ0v) is 15.7. The molecule has 0 aliphatic carbocycles. The summed E-state index contributed by atoms with van der Waals surface area (Å²) >= 11 is 13.3. The van der Waals surface area contributed by atoms with Gasteiger partial charge in [-0.3, -0.25) is 4.79 Å². The summed E-state index contributed by atoms with van der Waals surface area (Å²) in [6.07, 6.45) is 1.51. The topological polar surface area (TPSA) is 54.9 Å². The van der Waals surface area contributed by atoms with E-state index in [-0.39, 0.29) is 17.7 Å². The zero-order chi connectivity index (χ0) is 17.8. The number of thioether (sulfide) groups is 1. The fraction of sp³-hybridized carbons (Fsp3) is 0.167. The maximum Gasteiger partial charge on any atom is 0.230 e. The molecule has 1 amide bonds. The van der Waals surface area contributed by atoms with E-state index in [1.807, 2.05) is 37.3 Å². The Balaban J connectivity index is 1.63. The number of carbonyl (C=O) groups excluding carboxylic acids is 1. The van der Waals surface area contributed by atoms with E-state index in [4.69, 9.17) is 23.2 Å². The van der Waals surface area contributed by atoms with Crippen LogP contribution in [0.25, 0.3) is 10.9 Å². The largest absolute Gasteiger partial charge is 0.349 e. The number of fused-ring (bicyclic) bond motifs is 1. The molecule has 1 atom stereocenters. The lowest BCUT2D eigenvalue weighted by Gasteiger charge is -2.15. The third-order valence-electron chi connectivity index (χ3n) is 3.67. The Hall–Kier alpha value is -1.82. The first-order chi connectivity index (χ1) is 12.0. The van der Waals surface area contributed by atoms with E-state index in [9.17, 15) is 4.79 Å². The molecule has 3 aromatic rings. The van der Waals surface area contributed by atoms with Crippen LogP contribution in [0.4, 0.5) is 0 Å². The van der Waals surface area contributed by atoms with Crippen molar-refractivity contribution in [1.29, 1.82) is 0 Å². The van der Waals surface area contributed by atoms with Crippen LogP contribution >= 0.6 is 35.0 Å². The van der Waals surface area contributed by atoms with Gasteiger partial charge in [0.25, 0.3) is 0 Å². The fourth-order valence-electron chi connectivity index (χ4n) is 2.38. The molecule has 7 heteroatoms. The summed E-state index contributed by atoms with van der Waals surface area (Å²) in [6.45, 7) is 1.90. The molecule has 0 aliphatic heterocycles. The van der Waals surface area contributed by atoms with E-state index in [0.717, 1.165) is 21.5 Å². The van der Waals surface area contributed by atoms with Crippen molar-refractivity contribution >= 4 is 51.8 Å². The maximum atomic E-state index is 12.3. The van der Waals surface area contributed by atoms with E-state index in [0.29, 0.717) is 10.0 Å². The van der Waals surface area contributed by atoms with Crippen molar-refractivity contribution in [1.82, 2.24) is 15.3 Å². The van der Waals surface area contributed by atoms with Gasteiger partial charge in [0.05, 0.1) is 27.4 Å². The molecule has 1 aromatic heterocycles. The molecule has 0 radical (unpaired) electrons. The fourth-order valence-corrected chi connectivity index (χ4v) is 3.48. The van der Waals surface area contributed by atoms with Crippen molar-refractivity contribution in [3.05, 3.63) is 64.4 Å². The molecule has 1 N–H and O–H groups in total. The number of nitrogens with zero attached hydrogens (tertiary/aromatic N) is 2. The van der Waals surface area contributed by atoms with Crippen molar-refractivity contribution in [2.45, 2.75) is 18.0 Å². The van der Waals surface area contributed by atoms with Crippen LogP contribution in [0.3, 0.4) is 0 Å². The van der Waals surface area contributed by atoms with E-state index in [1.165, 1.54) is 18.1 Å². The van der Waals surface area contributed by atoms with Gasteiger partial charge in [-0.25, -0.2) is 9.97 Å². The molecule has 128 valence electrons. The van der Waals surface area contributed by atoms with E-state index in [1.54, 1.807) is 12.1 Å². The zero-order valence-electron chi connectivity index (χ0n) is 13.4. The Labute approximate surface area is 160 Å². The number of carbonyl (C=O) groups is 1. The Bertz CT molecular complexity index is 914. The molecule has 0 bridgehead atoms. The monoisotopic (exact) mass is 391 g/mol. The van der Waals surface area contributed by atoms with Crippen LogP contribution < -0.4 is 5.32 Å². The van der Waals surface area contributed by atoms with Gasteiger partial charge in [-0.15, -0.1) is 0 Å². The molecule has 4 nitrogen and oxygen atoms in total. The second-order valence-electron chi connectivity index (χ2n) is 5.45. The smallest absolute Gasteiger partial charge is 0.230 e. The molecule has 0 fully saturated rings. The van der Waals surface area contributed by atoms with Crippen molar-refractivity contribution in [3.8, 4) is 0 Å². The van der Waals surface area contributed by atoms with Crippen molar-refractivity contribution in [2.75, 3.05) is 5.75 Å². The summed E-state index contributed by atoms with van der Waals surface area (Å²) in [7, 11) is 0. The van der Waals surface area contributed by atoms with Crippen LogP contribution in [-0.2, 0) is 4.79 Å². The lowest BCUT2D eigenvalue weighted by molar-refractivity contribution is -0.119. The minimum absolute atomic E-state index is 0.0775. The van der Waals surface area contributed by atoms with Gasteiger partial charge in [0.15, 0.2) is 0 Å². The Morgan fingerprint density at radius 2 is 1.96 bits per heavy atom. The second-order valence-corrected chi connectivity index (χ2v) is 7.23. The highest BCUT2D eigenvalue weighted by molar-refractivity contribution is 8.00. The lowest BCUT2D eigenvalue weighted by Crippen LogP contribution is -2.28. The highest BCUT2D eigenvalue weighted by Crippen LogP contribution is 2.26. The van der Waals surface area contributed by atoms with E-state index in [2.05, 4.69) is 15.3 Å². The molecule has 0 aliphatic rings. The van der Waals surface area contributed by atoms with E-state index >= 15 is 0 Å². The minimum atomic E-state index is -0.162. The third-order valence-corrected chi connectivity index (χ3v) is 5.41. The minimum Gasteiger partial charge on any atom is -0.349 e. The number of hydrogen-bond acceptors (Lipinski definition) is 4. The number of para-hydroxylation sites is 1. The van der Waals surface area contributed by atoms with Crippen molar-refractivity contribution in [3.63, 3.8) is 0 Å². The quantitative estimate of drug-likeness (QED) is 0.495. The third kappa shape index (κ3) is 4.42. The van der Waals surface area contributed by atoms with Gasteiger partial charge >= 0.3 is 0 Å². The number of rotatable bonds is 5. The molecule has 0 saturated heterocycles. The number of amides is 1. The van der Waals surface area contributed by atoms with Gasteiger partial charge in [0.2, 0.25) is 5.91 Å². The van der Waals surface area contributed by atoms with Gasteiger partial charge in [-0.2, -0.15) is 0 Å². The van der Waals surface area contributed by atoms with Gasteiger partial charge in [0, 0.05) is 5.39 Å². The molecule has 3 rings (SSSR count). The predicted molar refractivity (Wildman–Crippen MR) is 103 cm³/mol. The molecule has 25 heavy (non-hydrogen) atoms. The summed E-state index contributed by atoms with van der Waals surface area (Å²) in [5.74, 6) is 0.193. The second kappa shape index (κ2) is 8.04. The van der Waals surface area contributed by atoms with Crippen LogP contribution in [0.1, 0.15) is 18.5 Å². The summed E-state index contributed by atoms with van der Waals surface area (Å²) in [6, 6.07) is 12.9. The van der Waals surface area contributed by atoms with Crippen LogP contribution in [-0.4, -0.2) is 21.6 Å². The van der Waals surface area contributed by atoms with Crippen molar-refractivity contribution < 1.29 is 4.79 Å². The summed E-state index contributed by atoms with van der Waals surface area (Å²) in [5, 5.41) is 5.67. The average Bonchev–Trinajstić information content (AvgIpc) is 2.62. The number of aromatic nitrogens is 2. The highest BCUT2D eigenvalue weighted by Gasteiger charge is 2.12. The van der Waals surface area contributed by atoms with Gasteiger partial charge in [0.1, 0.15) is 11.4 Å². The molecular weight excluding hydrogens is 377 g/mol. The summed E-state index contributed by atoms with van der Waals surface area (Å²) in [5.41, 5.74) is 1.77. The summed E-state index contributed by atoms with van der Waals surface area (Å²) < 4.78 is 0. The Morgan fingerprint density at radius 1 is 1.16 bits per heavy atom. The molecular formula is C18H15Cl2N3OS. The first-order valence-corrected chi connectivity index (χ1v) is 9.35. The molecule has 2 aromatic carbocycles. The molecule has 0 unspecified atom stereocenters. The van der Waals surface area contributed by atoms with Crippen molar-refractivity contribution in [2.24, 2.45) is 0 Å². The van der Waals surface area contributed by atoms with Crippen LogP contribution in [0.2, 0.25) is 10.0 Å². The number of hydrogen-bond donors (Lipinski definition) is 1. The molecule has 0 saturated carbocycles. The van der Waals surface area contributed by atoms with E-state index < -0.39 is 0 Å². The van der Waals surface area contributed by atoms with Crippen LogP contribution in [0, 0.1) is 0 Å². The SMILES string of the molecule is C[C@@H](NC(=O)CSc1ncnc2ccccc12)c1ccc(Cl)c(Cl)c1. The predicted octanol–water partition coefficient (Wildman–Crippen LogP) is 4.91. The first kappa shape index (κ1) is 18.0. The Morgan fingerprint density at radius 3 is 2.76 bits per heavy atom. The lowest BCUT2D eigenvalue weighted by atomic mass is 10.1. The highest BCUT2D eigenvalue weighted by atomic mass is 35.5. The number of halogens is 2. The standard InChI is InChI=1S/C18H15Cl2N3OS/c1-11(12-6-7-14(19)15(20)8-12)23-17(24)9-25-18-13-4-2-3-5-16(13)21-10-22-18/h2-8,10-11H,9H2,1H3,(H,23,24)/t11-/m1/s1. The number of nitrogens with one attached hydrogen (secondary N) is 1. The maximum absolute atomic E-state index is 12.3. The number of benzene rings is 2. The first-order valence-electron chi connectivity index (χ1n) is 7.61. The van der Waals surface area contributed by atoms with Gasteiger partial charge in [-0.1, -0.05) is 59.2 Å². The van der Waals surface area contributed by atoms with Gasteiger partial charge < -0.3 is 5.32 Å². The average molecular weight is 392 g/mol. The molecule has 0 spiro atoms. The van der Waals surface area contributed by atoms with Gasteiger partial charge in [-0.05, 0) is 30.7 Å². The van der Waals surface area contributed by atoms with Crippen LogP contribution in [0.15, 0.2) is 53.8 Å². The van der Waals surface area contributed by atoms with Crippen LogP contribution in [0.5, 0.6) is 0 Å². The summed E-state index contributed by atoms with van der Waals surface area (Å²) in [4.78, 5) is 20.8. The molecule has 1 heterocycles. The normalized spacial score (nSPS) is 12.1. The Kier molecular flexibility index (Phi) is 5.78.